The number of anilines is 1. The molecular formula is C12H18FN3O2S. The highest BCUT2D eigenvalue weighted by atomic mass is 32.2. The molecule has 0 radical (unpaired) electrons. The van der Waals surface area contributed by atoms with Crippen molar-refractivity contribution >= 4 is 15.7 Å². The van der Waals surface area contributed by atoms with Crippen molar-refractivity contribution in [2.24, 2.45) is 5.92 Å². The van der Waals surface area contributed by atoms with Crippen LogP contribution in [0.25, 0.3) is 0 Å². The van der Waals surface area contributed by atoms with Gasteiger partial charge in [-0.2, -0.15) is 0 Å². The van der Waals surface area contributed by atoms with Crippen LogP contribution in [0.3, 0.4) is 0 Å². The van der Waals surface area contributed by atoms with E-state index < -0.39 is 15.8 Å². The first-order valence-electron chi connectivity index (χ1n) is 6.12. The lowest BCUT2D eigenvalue weighted by atomic mass is 10.1. The molecule has 106 valence electrons. The minimum Gasteiger partial charge on any atom is -0.399 e. The number of likely N-dealkylation sites (tertiary alicyclic amines) is 1. The number of halogens is 1. The summed E-state index contributed by atoms with van der Waals surface area (Å²) in [5, 5.41) is 0. The van der Waals surface area contributed by atoms with E-state index in [1.807, 2.05) is 7.05 Å². The number of sulfonamides is 1. The van der Waals surface area contributed by atoms with Crippen LogP contribution in [0.15, 0.2) is 23.1 Å². The molecule has 7 heteroatoms. The summed E-state index contributed by atoms with van der Waals surface area (Å²) < 4.78 is 40.0. The van der Waals surface area contributed by atoms with Gasteiger partial charge in [0.05, 0.1) is 0 Å². The van der Waals surface area contributed by atoms with Crippen LogP contribution in [0, 0.1) is 11.7 Å². The van der Waals surface area contributed by atoms with E-state index in [1.165, 1.54) is 6.07 Å². The molecule has 1 heterocycles. The zero-order valence-corrected chi connectivity index (χ0v) is 11.6. The summed E-state index contributed by atoms with van der Waals surface area (Å²) >= 11 is 0. The molecule has 0 aromatic heterocycles. The lowest BCUT2D eigenvalue weighted by Crippen LogP contribution is -2.31. The molecule has 1 fully saturated rings. The third kappa shape index (κ3) is 3.43. The van der Waals surface area contributed by atoms with Crippen LogP contribution in [0.4, 0.5) is 10.1 Å². The molecule has 1 aliphatic rings. The second kappa shape index (κ2) is 5.44. The van der Waals surface area contributed by atoms with Gasteiger partial charge in [-0.1, -0.05) is 0 Å². The van der Waals surface area contributed by atoms with Crippen LogP contribution in [0.5, 0.6) is 0 Å². The van der Waals surface area contributed by atoms with Gasteiger partial charge in [-0.3, -0.25) is 0 Å². The predicted molar refractivity (Wildman–Crippen MR) is 71.6 cm³/mol. The highest BCUT2D eigenvalue weighted by molar-refractivity contribution is 7.89. The molecule has 0 amide bonds. The molecule has 0 bridgehead atoms. The van der Waals surface area contributed by atoms with Gasteiger partial charge in [0.15, 0.2) is 0 Å². The number of nitrogens with two attached hydrogens (primary N) is 1. The Hall–Kier alpha value is -1.18. The lowest BCUT2D eigenvalue weighted by Gasteiger charge is -2.12. The average molecular weight is 287 g/mol. The van der Waals surface area contributed by atoms with Gasteiger partial charge in [-0.25, -0.2) is 17.5 Å². The van der Waals surface area contributed by atoms with Gasteiger partial charge in [0, 0.05) is 18.8 Å². The van der Waals surface area contributed by atoms with Gasteiger partial charge >= 0.3 is 0 Å². The molecule has 2 rings (SSSR count). The zero-order chi connectivity index (χ0) is 14.0. The number of rotatable bonds is 4. The summed E-state index contributed by atoms with van der Waals surface area (Å²) in [6.45, 7) is 2.13. The van der Waals surface area contributed by atoms with Crippen LogP contribution in [-0.4, -0.2) is 40.0 Å². The SMILES string of the molecule is CN1CCC(CNS(=O)(=O)c2cc(N)ccc2F)C1. The number of hydrogen-bond acceptors (Lipinski definition) is 4. The molecule has 1 unspecified atom stereocenters. The lowest BCUT2D eigenvalue weighted by molar-refractivity contribution is 0.394. The molecular weight excluding hydrogens is 269 g/mol. The van der Waals surface area contributed by atoms with Crippen molar-refractivity contribution < 1.29 is 12.8 Å². The Morgan fingerprint density at radius 2 is 2.26 bits per heavy atom. The highest BCUT2D eigenvalue weighted by Crippen LogP contribution is 2.19. The van der Waals surface area contributed by atoms with E-state index in [-0.39, 0.29) is 16.5 Å². The summed E-state index contributed by atoms with van der Waals surface area (Å²) in [6.07, 6.45) is 0.943. The van der Waals surface area contributed by atoms with Crippen LogP contribution in [-0.2, 0) is 10.0 Å². The first-order valence-corrected chi connectivity index (χ1v) is 7.60. The average Bonchev–Trinajstić information content (AvgIpc) is 2.76. The number of hydrogen-bond donors (Lipinski definition) is 2. The summed E-state index contributed by atoms with van der Waals surface area (Å²) in [5.74, 6) is -0.519. The fourth-order valence-corrected chi connectivity index (χ4v) is 3.45. The van der Waals surface area contributed by atoms with Crippen molar-refractivity contribution in [3.63, 3.8) is 0 Å². The Balaban J connectivity index is 2.08. The molecule has 1 aromatic rings. The van der Waals surface area contributed by atoms with Crippen molar-refractivity contribution in [2.45, 2.75) is 11.3 Å². The van der Waals surface area contributed by atoms with Crippen molar-refractivity contribution in [1.29, 1.82) is 0 Å². The van der Waals surface area contributed by atoms with Gasteiger partial charge in [0.1, 0.15) is 10.7 Å². The maximum Gasteiger partial charge on any atom is 0.243 e. The predicted octanol–water partition coefficient (Wildman–Crippen LogP) is 0.638. The Morgan fingerprint density at radius 1 is 1.53 bits per heavy atom. The first kappa shape index (κ1) is 14.2. The molecule has 0 aliphatic carbocycles. The standard InChI is InChI=1S/C12H18FN3O2S/c1-16-5-4-9(8-16)7-15-19(17,18)12-6-10(14)2-3-11(12)13/h2-3,6,9,15H,4-5,7-8,14H2,1H3. The summed E-state index contributed by atoms with van der Waals surface area (Å²) in [5.41, 5.74) is 5.72. The summed E-state index contributed by atoms with van der Waals surface area (Å²) in [4.78, 5) is 1.75. The van der Waals surface area contributed by atoms with Gasteiger partial charge in [0.25, 0.3) is 0 Å². The third-order valence-electron chi connectivity index (χ3n) is 3.30. The van der Waals surface area contributed by atoms with E-state index in [0.29, 0.717) is 6.54 Å². The second-order valence-electron chi connectivity index (χ2n) is 4.96. The minimum absolute atomic E-state index is 0.224. The zero-order valence-electron chi connectivity index (χ0n) is 10.8. The van der Waals surface area contributed by atoms with Crippen molar-refractivity contribution in [2.75, 3.05) is 32.4 Å². The maximum atomic E-state index is 13.5. The summed E-state index contributed by atoms with van der Waals surface area (Å²) in [7, 11) is -1.85. The minimum atomic E-state index is -3.84. The number of nitrogens with zero attached hydrogens (tertiary/aromatic N) is 1. The molecule has 0 spiro atoms. The summed E-state index contributed by atoms with van der Waals surface area (Å²) in [6, 6.07) is 3.53. The van der Waals surface area contributed by atoms with Gasteiger partial charge in [-0.15, -0.1) is 0 Å². The molecule has 1 atom stereocenters. The molecule has 1 aliphatic heterocycles. The van der Waals surface area contributed by atoms with Crippen LogP contribution in [0.2, 0.25) is 0 Å². The fourth-order valence-electron chi connectivity index (χ4n) is 2.22. The van der Waals surface area contributed by atoms with E-state index in [0.717, 1.165) is 31.6 Å². The first-order chi connectivity index (χ1) is 8.88. The van der Waals surface area contributed by atoms with Gasteiger partial charge in [0.2, 0.25) is 10.0 Å². The number of nitrogens with one attached hydrogen (secondary N) is 1. The highest BCUT2D eigenvalue weighted by Gasteiger charge is 2.24. The smallest absolute Gasteiger partial charge is 0.243 e. The maximum absolute atomic E-state index is 13.5. The quantitative estimate of drug-likeness (QED) is 0.797. The largest absolute Gasteiger partial charge is 0.399 e. The van der Waals surface area contributed by atoms with E-state index in [4.69, 9.17) is 5.73 Å². The topological polar surface area (TPSA) is 75.4 Å². The third-order valence-corrected chi connectivity index (χ3v) is 4.73. The molecule has 1 saturated heterocycles. The molecule has 0 saturated carbocycles. The van der Waals surface area contributed by atoms with Crippen LogP contribution < -0.4 is 10.5 Å². The molecule has 1 aromatic carbocycles. The number of nitrogen functional groups attached to an aromatic ring is 1. The normalized spacial score (nSPS) is 20.8. The number of benzene rings is 1. The Labute approximate surface area is 112 Å². The molecule has 19 heavy (non-hydrogen) atoms. The van der Waals surface area contributed by atoms with Crippen LogP contribution >= 0.6 is 0 Å². The van der Waals surface area contributed by atoms with Crippen molar-refractivity contribution in [3.05, 3.63) is 24.0 Å². The van der Waals surface area contributed by atoms with E-state index in [2.05, 4.69) is 9.62 Å². The second-order valence-corrected chi connectivity index (χ2v) is 6.69. The molecule has 5 nitrogen and oxygen atoms in total. The monoisotopic (exact) mass is 287 g/mol. The van der Waals surface area contributed by atoms with Crippen LogP contribution in [0.1, 0.15) is 6.42 Å². The van der Waals surface area contributed by atoms with E-state index >= 15 is 0 Å². The Kier molecular flexibility index (Phi) is 4.07. The van der Waals surface area contributed by atoms with Gasteiger partial charge < -0.3 is 10.6 Å². The van der Waals surface area contributed by atoms with Crippen molar-refractivity contribution in [1.82, 2.24) is 9.62 Å². The Bertz CT molecular complexity index is 562. The Morgan fingerprint density at radius 3 is 2.89 bits per heavy atom. The van der Waals surface area contributed by atoms with E-state index in [9.17, 15) is 12.8 Å². The molecule has 3 N–H and O–H groups in total. The van der Waals surface area contributed by atoms with E-state index in [1.54, 1.807) is 0 Å². The van der Waals surface area contributed by atoms with Gasteiger partial charge in [-0.05, 0) is 44.1 Å². The van der Waals surface area contributed by atoms with Crippen molar-refractivity contribution in [3.8, 4) is 0 Å². The fraction of sp³-hybridized carbons (Fsp3) is 0.500.